The second-order valence-corrected chi connectivity index (χ2v) is 3.87. The van der Waals surface area contributed by atoms with Gasteiger partial charge in [-0.15, -0.1) is 0 Å². The molecule has 0 saturated carbocycles. The number of hydrogen-bond donors (Lipinski definition) is 2. The van der Waals surface area contributed by atoms with Crippen molar-refractivity contribution in [2.45, 2.75) is 19.8 Å². The largest absolute Gasteiger partial charge is 0.508 e. The highest BCUT2D eigenvalue weighted by atomic mass is 16.3. The predicted octanol–water partition coefficient (Wildman–Crippen LogP) is 2.22. The Balaban J connectivity index is 2.74. The monoisotopic (exact) mass is 244 g/mol. The molecule has 0 atom stereocenters. The molecule has 0 aliphatic rings. The lowest BCUT2D eigenvalue weighted by Gasteiger charge is -2.02. The molecule has 1 amide bonds. The summed E-state index contributed by atoms with van der Waals surface area (Å²) in [6.45, 7) is 2.60. The Labute approximate surface area is 107 Å². The smallest absolute Gasteiger partial charge is 0.261 e. The summed E-state index contributed by atoms with van der Waals surface area (Å²) >= 11 is 0. The van der Waals surface area contributed by atoms with Crippen LogP contribution in [0, 0.1) is 11.3 Å². The molecule has 0 aliphatic carbocycles. The summed E-state index contributed by atoms with van der Waals surface area (Å²) in [6, 6.07) is 8.19. The number of carbonyl (C=O) groups is 1. The van der Waals surface area contributed by atoms with Gasteiger partial charge in [0.1, 0.15) is 17.4 Å². The minimum Gasteiger partial charge on any atom is -0.508 e. The van der Waals surface area contributed by atoms with E-state index in [1.165, 1.54) is 18.2 Å². The van der Waals surface area contributed by atoms with Crippen molar-refractivity contribution in [3.63, 3.8) is 0 Å². The molecule has 0 bridgehead atoms. The number of nitriles is 1. The van der Waals surface area contributed by atoms with Crippen LogP contribution in [-0.2, 0) is 4.79 Å². The minimum absolute atomic E-state index is 0.0665. The van der Waals surface area contributed by atoms with Crippen molar-refractivity contribution in [2.75, 3.05) is 6.54 Å². The maximum atomic E-state index is 11.7. The third kappa shape index (κ3) is 4.30. The Morgan fingerprint density at radius 3 is 2.67 bits per heavy atom. The van der Waals surface area contributed by atoms with Gasteiger partial charge in [0, 0.05) is 6.54 Å². The molecule has 1 aromatic rings. The van der Waals surface area contributed by atoms with Gasteiger partial charge < -0.3 is 10.4 Å². The van der Waals surface area contributed by atoms with Crippen molar-refractivity contribution in [2.24, 2.45) is 0 Å². The quantitative estimate of drug-likeness (QED) is 0.474. The van der Waals surface area contributed by atoms with Crippen LogP contribution >= 0.6 is 0 Å². The van der Waals surface area contributed by atoms with E-state index in [0.717, 1.165) is 12.8 Å². The van der Waals surface area contributed by atoms with Crippen LogP contribution in [0.2, 0.25) is 0 Å². The third-order valence-electron chi connectivity index (χ3n) is 2.39. The van der Waals surface area contributed by atoms with Gasteiger partial charge in [0.25, 0.3) is 5.91 Å². The van der Waals surface area contributed by atoms with Crippen LogP contribution < -0.4 is 5.32 Å². The fourth-order valence-corrected chi connectivity index (χ4v) is 1.36. The third-order valence-corrected chi connectivity index (χ3v) is 2.39. The Hall–Kier alpha value is -2.28. The molecular formula is C14H16N2O2. The number of aromatic hydroxyl groups is 1. The molecule has 0 saturated heterocycles. The lowest BCUT2D eigenvalue weighted by molar-refractivity contribution is -0.117. The van der Waals surface area contributed by atoms with E-state index in [9.17, 15) is 4.79 Å². The molecule has 0 heterocycles. The Bertz CT molecular complexity index is 470. The van der Waals surface area contributed by atoms with Gasteiger partial charge in [0.2, 0.25) is 0 Å². The molecule has 0 radical (unpaired) electrons. The summed E-state index contributed by atoms with van der Waals surface area (Å²) in [5.74, 6) is -0.211. The average Bonchev–Trinajstić information content (AvgIpc) is 2.38. The molecule has 4 heteroatoms. The summed E-state index contributed by atoms with van der Waals surface area (Å²) in [7, 11) is 0. The highest BCUT2D eigenvalue weighted by molar-refractivity contribution is 6.01. The second-order valence-electron chi connectivity index (χ2n) is 3.87. The zero-order valence-corrected chi connectivity index (χ0v) is 10.3. The van der Waals surface area contributed by atoms with Gasteiger partial charge >= 0.3 is 0 Å². The summed E-state index contributed by atoms with van der Waals surface area (Å²) in [5, 5.41) is 20.8. The SMILES string of the molecule is CCCCNC(=O)C(C#N)=Cc1ccc(O)cc1. The van der Waals surface area contributed by atoms with E-state index in [-0.39, 0.29) is 17.2 Å². The molecule has 18 heavy (non-hydrogen) atoms. The number of hydrogen-bond acceptors (Lipinski definition) is 3. The highest BCUT2D eigenvalue weighted by Gasteiger charge is 2.07. The maximum Gasteiger partial charge on any atom is 0.261 e. The number of phenolic OH excluding ortho intramolecular Hbond substituents is 1. The molecule has 94 valence electrons. The van der Waals surface area contributed by atoms with Crippen molar-refractivity contribution in [3.05, 3.63) is 35.4 Å². The maximum absolute atomic E-state index is 11.7. The molecular weight excluding hydrogens is 228 g/mol. The van der Waals surface area contributed by atoms with Gasteiger partial charge in [-0.05, 0) is 30.2 Å². The van der Waals surface area contributed by atoms with Crippen molar-refractivity contribution in [1.29, 1.82) is 5.26 Å². The minimum atomic E-state index is -0.362. The fraction of sp³-hybridized carbons (Fsp3) is 0.286. The summed E-state index contributed by atoms with van der Waals surface area (Å²) in [6.07, 6.45) is 3.38. The molecule has 1 aromatic carbocycles. The van der Waals surface area contributed by atoms with E-state index in [0.29, 0.717) is 12.1 Å². The first-order valence-electron chi connectivity index (χ1n) is 5.86. The second kappa shape index (κ2) is 7.13. The number of nitrogens with zero attached hydrogens (tertiary/aromatic N) is 1. The Kier molecular flexibility index (Phi) is 5.46. The number of nitrogens with one attached hydrogen (secondary N) is 1. The van der Waals surface area contributed by atoms with Gasteiger partial charge in [-0.1, -0.05) is 25.5 Å². The fourth-order valence-electron chi connectivity index (χ4n) is 1.36. The molecule has 0 spiro atoms. The zero-order valence-electron chi connectivity index (χ0n) is 10.3. The van der Waals surface area contributed by atoms with Crippen LogP contribution in [0.1, 0.15) is 25.3 Å². The van der Waals surface area contributed by atoms with Crippen molar-refractivity contribution < 1.29 is 9.90 Å². The van der Waals surface area contributed by atoms with E-state index in [2.05, 4.69) is 5.32 Å². The van der Waals surface area contributed by atoms with E-state index in [1.807, 2.05) is 13.0 Å². The highest BCUT2D eigenvalue weighted by Crippen LogP contribution is 2.12. The first-order valence-corrected chi connectivity index (χ1v) is 5.86. The molecule has 0 fully saturated rings. The topological polar surface area (TPSA) is 73.1 Å². The molecule has 4 nitrogen and oxygen atoms in total. The molecule has 1 rings (SSSR count). The normalized spacial score (nSPS) is 10.8. The Morgan fingerprint density at radius 2 is 2.11 bits per heavy atom. The van der Waals surface area contributed by atoms with Gasteiger partial charge in [-0.2, -0.15) is 5.26 Å². The summed E-state index contributed by atoms with van der Waals surface area (Å²) in [5.41, 5.74) is 0.770. The predicted molar refractivity (Wildman–Crippen MR) is 69.6 cm³/mol. The van der Waals surface area contributed by atoms with E-state index >= 15 is 0 Å². The lowest BCUT2D eigenvalue weighted by atomic mass is 10.1. The lowest BCUT2D eigenvalue weighted by Crippen LogP contribution is -2.25. The molecule has 2 N–H and O–H groups in total. The number of amides is 1. The van der Waals surface area contributed by atoms with Gasteiger partial charge in [-0.3, -0.25) is 4.79 Å². The standard InChI is InChI=1S/C14H16N2O2/c1-2-3-8-16-14(18)12(10-15)9-11-4-6-13(17)7-5-11/h4-7,9,17H,2-3,8H2,1H3,(H,16,18). The van der Waals surface area contributed by atoms with Gasteiger partial charge in [0.05, 0.1) is 0 Å². The van der Waals surface area contributed by atoms with Crippen molar-refractivity contribution in [1.82, 2.24) is 5.32 Å². The number of phenols is 1. The van der Waals surface area contributed by atoms with Crippen molar-refractivity contribution in [3.8, 4) is 11.8 Å². The van der Waals surface area contributed by atoms with E-state index in [1.54, 1.807) is 12.1 Å². The summed E-state index contributed by atoms with van der Waals surface area (Å²) < 4.78 is 0. The van der Waals surface area contributed by atoms with Gasteiger partial charge in [-0.25, -0.2) is 0 Å². The van der Waals surface area contributed by atoms with Crippen LogP contribution in [-0.4, -0.2) is 17.6 Å². The van der Waals surface area contributed by atoms with Crippen LogP contribution in [0.5, 0.6) is 5.75 Å². The van der Waals surface area contributed by atoms with Gasteiger partial charge in [0.15, 0.2) is 0 Å². The molecule has 0 unspecified atom stereocenters. The van der Waals surface area contributed by atoms with Crippen molar-refractivity contribution >= 4 is 12.0 Å². The first kappa shape index (κ1) is 13.8. The Morgan fingerprint density at radius 1 is 1.44 bits per heavy atom. The number of unbranched alkanes of at least 4 members (excludes halogenated alkanes) is 1. The number of benzene rings is 1. The van der Waals surface area contributed by atoms with Crippen LogP contribution in [0.4, 0.5) is 0 Å². The summed E-state index contributed by atoms with van der Waals surface area (Å²) in [4.78, 5) is 11.7. The number of carbonyl (C=O) groups excluding carboxylic acids is 1. The molecule has 0 aromatic heterocycles. The van der Waals surface area contributed by atoms with E-state index < -0.39 is 0 Å². The first-order chi connectivity index (χ1) is 8.67. The van der Waals surface area contributed by atoms with Crippen LogP contribution in [0.25, 0.3) is 6.08 Å². The van der Waals surface area contributed by atoms with E-state index in [4.69, 9.17) is 10.4 Å². The van der Waals surface area contributed by atoms with Crippen LogP contribution in [0.15, 0.2) is 29.8 Å². The molecule has 0 aliphatic heterocycles. The zero-order chi connectivity index (χ0) is 13.4. The number of rotatable bonds is 5. The van der Waals surface area contributed by atoms with Crippen LogP contribution in [0.3, 0.4) is 0 Å². The average molecular weight is 244 g/mol.